The van der Waals surface area contributed by atoms with Crippen molar-refractivity contribution in [3.8, 4) is 11.5 Å². The zero-order valence-corrected chi connectivity index (χ0v) is 14.5. The average molecular weight is 327 g/mol. The summed E-state index contributed by atoms with van der Waals surface area (Å²) in [7, 11) is 1.62. The Morgan fingerprint density at radius 1 is 1.12 bits per heavy atom. The van der Waals surface area contributed by atoms with Crippen molar-refractivity contribution in [2.75, 3.05) is 20.3 Å². The predicted octanol–water partition coefficient (Wildman–Crippen LogP) is 3.69. The molecule has 2 rings (SSSR count). The van der Waals surface area contributed by atoms with E-state index in [1.807, 2.05) is 36.4 Å². The summed E-state index contributed by atoms with van der Waals surface area (Å²) in [5.41, 5.74) is 2.44. The fraction of sp³-hybridized carbons (Fsp3) is 0.350. The van der Waals surface area contributed by atoms with Crippen molar-refractivity contribution < 1.29 is 14.3 Å². The van der Waals surface area contributed by atoms with E-state index in [1.54, 1.807) is 7.11 Å². The molecule has 2 aromatic rings. The Morgan fingerprint density at radius 2 is 1.88 bits per heavy atom. The molecule has 1 unspecified atom stereocenters. The van der Waals surface area contributed by atoms with Crippen LogP contribution in [0.25, 0.3) is 0 Å². The molecule has 0 aliphatic carbocycles. The number of methoxy groups -OCH3 is 1. The number of carbonyl (C=O) groups excluding carboxylic acids is 1. The van der Waals surface area contributed by atoms with Gasteiger partial charge < -0.3 is 14.8 Å². The van der Waals surface area contributed by atoms with Gasteiger partial charge in [0.25, 0.3) is 0 Å². The Kier molecular flexibility index (Phi) is 6.67. The normalized spacial score (nSPS) is 11.6. The van der Waals surface area contributed by atoms with E-state index in [9.17, 15) is 4.79 Å². The van der Waals surface area contributed by atoms with Crippen molar-refractivity contribution in [2.45, 2.75) is 26.2 Å². The van der Waals surface area contributed by atoms with Crippen LogP contribution in [0.4, 0.5) is 0 Å². The van der Waals surface area contributed by atoms with E-state index < -0.39 is 0 Å². The lowest BCUT2D eigenvalue weighted by Crippen LogP contribution is -2.29. The second-order valence-electron chi connectivity index (χ2n) is 5.84. The van der Waals surface area contributed by atoms with Crippen molar-refractivity contribution in [2.24, 2.45) is 0 Å². The Bertz CT molecular complexity index is 669. The van der Waals surface area contributed by atoms with E-state index in [-0.39, 0.29) is 11.8 Å². The Labute approximate surface area is 143 Å². The highest BCUT2D eigenvalue weighted by Crippen LogP contribution is 2.22. The lowest BCUT2D eigenvalue weighted by Gasteiger charge is -2.14. The summed E-state index contributed by atoms with van der Waals surface area (Å²) in [6.45, 7) is 5.06. The van der Waals surface area contributed by atoms with Gasteiger partial charge in [0, 0.05) is 12.5 Å². The van der Waals surface area contributed by atoms with E-state index >= 15 is 0 Å². The van der Waals surface area contributed by atoms with Crippen LogP contribution in [-0.4, -0.2) is 26.2 Å². The molecule has 0 bridgehead atoms. The quantitative estimate of drug-likeness (QED) is 0.752. The lowest BCUT2D eigenvalue weighted by molar-refractivity contribution is -0.121. The molecule has 0 saturated heterocycles. The van der Waals surface area contributed by atoms with E-state index in [2.05, 4.69) is 31.3 Å². The molecule has 1 atom stereocenters. The van der Waals surface area contributed by atoms with Gasteiger partial charge in [-0.3, -0.25) is 4.79 Å². The first-order valence-corrected chi connectivity index (χ1v) is 8.19. The summed E-state index contributed by atoms with van der Waals surface area (Å²) in [6.07, 6.45) is 0.476. The largest absolute Gasteiger partial charge is 0.497 e. The summed E-state index contributed by atoms with van der Waals surface area (Å²) < 4.78 is 10.8. The third-order valence-electron chi connectivity index (χ3n) is 3.95. The second kappa shape index (κ2) is 8.96. The molecule has 4 heteroatoms. The van der Waals surface area contributed by atoms with Gasteiger partial charge in [-0.25, -0.2) is 0 Å². The van der Waals surface area contributed by atoms with Crippen LogP contribution < -0.4 is 14.8 Å². The van der Waals surface area contributed by atoms with E-state index in [4.69, 9.17) is 9.47 Å². The Balaban J connectivity index is 1.72. The number of nitrogens with one attached hydrogen (secondary N) is 1. The zero-order chi connectivity index (χ0) is 17.4. The molecule has 0 heterocycles. The summed E-state index contributed by atoms with van der Waals surface area (Å²) in [6, 6.07) is 15.6. The smallest absolute Gasteiger partial charge is 0.220 e. The number of carbonyl (C=O) groups is 1. The van der Waals surface area contributed by atoms with Gasteiger partial charge in [-0.1, -0.05) is 37.3 Å². The van der Waals surface area contributed by atoms with Gasteiger partial charge in [-0.15, -0.1) is 0 Å². The maximum atomic E-state index is 12.1. The molecular formula is C20H25NO3. The van der Waals surface area contributed by atoms with Crippen LogP contribution in [0.2, 0.25) is 0 Å². The number of aryl methyl sites for hydroxylation is 1. The van der Waals surface area contributed by atoms with Crippen molar-refractivity contribution >= 4 is 5.91 Å². The predicted molar refractivity (Wildman–Crippen MR) is 95.7 cm³/mol. The second-order valence-corrected chi connectivity index (χ2v) is 5.84. The Morgan fingerprint density at radius 3 is 2.62 bits per heavy atom. The van der Waals surface area contributed by atoms with Gasteiger partial charge in [0.1, 0.15) is 18.1 Å². The Hall–Kier alpha value is -2.49. The van der Waals surface area contributed by atoms with Crippen molar-refractivity contribution in [1.82, 2.24) is 5.32 Å². The molecule has 4 nitrogen and oxygen atoms in total. The molecule has 0 radical (unpaired) electrons. The summed E-state index contributed by atoms with van der Waals surface area (Å²) in [4.78, 5) is 12.1. The third-order valence-corrected chi connectivity index (χ3v) is 3.95. The number of ether oxygens (including phenoxy) is 2. The highest BCUT2D eigenvalue weighted by molar-refractivity contribution is 5.76. The molecule has 0 aliphatic heterocycles. The number of hydrogen-bond acceptors (Lipinski definition) is 3. The van der Waals surface area contributed by atoms with Crippen LogP contribution in [0.3, 0.4) is 0 Å². The van der Waals surface area contributed by atoms with Crippen LogP contribution in [-0.2, 0) is 4.79 Å². The molecule has 2 aromatic carbocycles. The first-order valence-electron chi connectivity index (χ1n) is 8.19. The SMILES string of the molecule is COc1cccc(OCCNC(=O)CC(C)c2ccccc2C)c1. The van der Waals surface area contributed by atoms with E-state index in [0.717, 1.165) is 11.5 Å². The van der Waals surface area contributed by atoms with Gasteiger partial charge in [-0.2, -0.15) is 0 Å². The molecule has 1 N–H and O–H groups in total. The topological polar surface area (TPSA) is 47.6 Å². The highest BCUT2D eigenvalue weighted by Gasteiger charge is 2.12. The van der Waals surface area contributed by atoms with Crippen LogP contribution >= 0.6 is 0 Å². The molecule has 0 aliphatic rings. The molecule has 0 aromatic heterocycles. The summed E-state index contributed by atoms with van der Waals surface area (Å²) >= 11 is 0. The van der Waals surface area contributed by atoms with Gasteiger partial charge in [0.05, 0.1) is 13.7 Å². The maximum Gasteiger partial charge on any atom is 0.220 e. The molecule has 0 fully saturated rings. The van der Waals surface area contributed by atoms with Gasteiger partial charge >= 0.3 is 0 Å². The minimum atomic E-state index is 0.0417. The number of rotatable bonds is 8. The van der Waals surface area contributed by atoms with E-state index in [0.29, 0.717) is 19.6 Å². The molecule has 128 valence electrons. The van der Waals surface area contributed by atoms with Crippen LogP contribution in [0, 0.1) is 6.92 Å². The van der Waals surface area contributed by atoms with Crippen LogP contribution in [0.5, 0.6) is 11.5 Å². The lowest BCUT2D eigenvalue weighted by atomic mass is 9.93. The fourth-order valence-corrected chi connectivity index (χ4v) is 2.65. The monoisotopic (exact) mass is 327 g/mol. The fourth-order valence-electron chi connectivity index (χ4n) is 2.65. The van der Waals surface area contributed by atoms with Crippen molar-refractivity contribution in [3.63, 3.8) is 0 Å². The molecule has 0 saturated carbocycles. The zero-order valence-electron chi connectivity index (χ0n) is 14.5. The first-order chi connectivity index (χ1) is 11.6. The van der Waals surface area contributed by atoms with Crippen molar-refractivity contribution in [3.05, 3.63) is 59.7 Å². The number of amides is 1. The summed E-state index contributed by atoms with van der Waals surface area (Å²) in [5, 5.41) is 2.91. The maximum absolute atomic E-state index is 12.1. The average Bonchev–Trinajstić information content (AvgIpc) is 2.59. The van der Waals surface area contributed by atoms with E-state index in [1.165, 1.54) is 11.1 Å². The highest BCUT2D eigenvalue weighted by atomic mass is 16.5. The molecule has 0 spiro atoms. The standard InChI is InChI=1S/C20H25NO3/c1-15-7-4-5-10-19(15)16(2)13-20(22)21-11-12-24-18-9-6-8-17(14-18)23-3/h4-10,14,16H,11-13H2,1-3H3,(H,21,22). The minimum Gasteiger partial charge on any atom is -0.497 e. The molecule has 24 heavy (non-hydrogen) atoms. The number of hydrogen-bond donors (Lipinski definition) is 1. The van der Waals surface area contributed by atoms with Gasteiger partial charge in [-0.05, 0) is 36.1 Å². The summed E-state index contributed by atoms with van der Waals surface area (Å²) in [5.74, 6) is 1.73. The number of benzene rings is 2. The first kappa shape index (κ1) is 17.9. The third kappa shape index (κ3) is 5.30. The van der Waals surface area contributed by atoms with Crippen LogP contribution in [0.15, 0.2) is 48.5 Å². The van der Waals surface area contributed by atoms with Crippen molar-refractivity contribution in [1.29, 1.82) is 0 Å². The minimum absolute atomic E-state index is 0.0417. The van der Waals surface area contributed by atoms with Gasteiger partial charge in [0.2, 0.25) is 5.91 Å². The molecule has 1 amide bonds. The van der Waals surface area contributed by atoms with Gasteiger partial charge in [0.15, 0.2) is 0 Å². The molecular weight excluding hydrogens is 302 g/mol. The van der Waals surface area contributed by atoms with Crippen LogP contribution in [0.1, 0.15) is 30.4 Å².